The molecule has 0 aromatic heterocycles. The van der Waals surface area contributed by atoms with E-state index in [0.717, 1.165) is 6.54 Å². The maximum absolute atomic E-state index is 5.97. The molecule has 13 heavy (non-hydrogen) atoms. The highest BCUT2D eigenvalue weighted by Gasteiger charge is 2.44. The summed E-state index contributed by atoms with van der Waals surface area (Å²) in [5.74, 6) is 0. The summed E-state index contributed by atoms with van der Waals surface area (Å²) in [6.45, 7) is 8.91. The Bertz CT molecular complexity index is 171. The predicted octanol–water partition coefficient (Wildman–Crippen LogP) is 1.85. The first-order valence-electron chi connectivity index (χ1n) is 5.35. The van der Waals surface area contributed by atoms with Gasteiger partial charge in [0.2, 0.25) is 0 Å². The molecule has 1 atom stereocenters. The van der Waals surface area contributed by atoms with Gasteiger partial charge in [0.1, 0.15) is 0 Å². The van der Waals surface area contributed by atoms with Gasteiger partial charge in [-0.3, -0.25) is 4.90 Å². The third-order valence-corrected chi connectivity index (χ3v) is 3.80. The van der Waals surface area contributed by atoms with Crippen LogP contribution >= 0.6 is 0 Å². The average Bonchev–Trinajstić information content (AvgIpc) is 2.03. The van der Waals surface area contributed by atoms with Crippen LogP contribution in [0.4, 0.5) is 0 Å². The fourth-order valence-electron chi connectivity index (χ4n) is 2.68. The van der Waals surface area contributed by atoms with E-state index >= 15 is 0 Å². The molecule has 1 fully saturated rings. The number of nitrogens with two attached hydrogens (primary N) is 1. The summed E-state index contributed by atoms with van der Waals surface area (Å²) in [6, 6.07) is 0. The monoisotopic (exact) mass is 184 g/mol. The van der Waals surface area contributed by atoms with Crippen molar-refractivity contribution in [3.63, 3.8) is 0 Å². The van der Waals surface area contributed by atoms with Crippen LogP contribution in [-0.4, -0.2) is 30.6 Å². The lowest BCUT2D eigenvalue weighted by atomic mass is 9.68. The van der Waals surface area contributed by atoms with E-state index in [1.807, 2.05) is 0 Å². The van der Waals surface area contributed by atoms with Gasteiger partial charge in [-0.1, -0.05) is 27.2 Å². The molecule has 1 heterocycles. The van der Waals surface area contributed by atoms with Crippen molar-refractivity contribution in [2.45, 2.75) is 45.6 Å². The van der Waals surface area contributed by atoms with Crippen molar-refractivity contribution in [2.75, 3.05) is 20.1 Å². The van der Waals surface area contributed by atoms with Gasteiger partial charge >= 0.3 is 0 Å². The van der Waals surface area contributed by atoms with Crippen molar-refractivity contribution in [1.82, 2.24) is 4.90 Å². The highest BCUT2D eigenvalue weighted by molar-refractivity contribution is 5.01. The first-order valence-corrected chi connectivity index (χ1v) is 5.35. The van der Waals surface area contributed by atoms with Gasteiger partial charge in [-0.05, 0) is 31.8 Å². The molecule has 0 aliphatic carbocycles. The van der Waals surface area contributed by atoms with Crippen molar-refractivity contribution in [1.29, 1.82) is 0 Å². The summed E-state index contributed by atoms with van der Waals surface area (Å²) in [4.78, 5) is 2.47. The topological polar surface area (TPSA) is 29.3 Å². The first kappa shape index (κ1) is 11.0. The molecule has 0 radical (unpaired) electrons. The minimum atomic E-state index is 0.227. The van der Waals surface area contributed by atoms with E-state index < -0.39 is 0 Å². The smallest absolute Gasteiger partial charge is 0.0376 e. The van der Waals surface area contributed by atoms with E-state index in [1.54, 1.807) is 0 Å². The summed E-state index contributed by atoms with van der Waals surface area (Å²) in [5.41, 5.74) is 6.49. The van der Waals surface area contributed by atoms with Gasteiger partial charge in [0.15, 0.2) is 0 Å². The van der Waals surface area contributed by atoms with Crippen LogP contribution < -0.4 is 5.73 Å². The minimum Gasteiger partial charge on any atom is -0.329 e. The lowest BCUT2D eigenvalue weighted by Gasteiger charge is -2.53. The molecule has 0 aromatic rings. The van der Waals surface area contributed by atoms with Crippen LogP contribution in [-0.2, 0) is 0 Å². The Labute approximate surface area is 82.5 Å². The zero-order valence-electron chi connectivity index (χ0n) is 9.56. The molecular formula is C11H24N2. The number of likely N-dealkylation sites (tertiary alicyclic amines) is 1. The highest BCUT2D eigenvalue weighted by atomic mass is 15.2. The van der Waals surface area contributed by atoms with Gasteiger partial charge in [0, 0.05) is 12.1 Å². The molecule has 0 saturated carbocycles. The number of hydrogen-bond acceptors (Lipinski definition) is 2. The third-order valence-electron chi connectivity index (χ3n) is 3.80. The molecule has 0 bridgehead atoms. The Morgan fingerprint density at radius 3 is 2.23 bits per heavy atom. The Hall–Kier alpha value is -0.0800. The molecule has 1 rings (SSSR count). The fraction of sp³-hybridized carbons (Fsp3) is 1.00. The Morgan fingerprint density at radius 1 is 1.31 bits per heavy atom. The molecule has 1 aliphatic rings. The molecule has 1 unspecified atom stereocenters. The SMILES string of the molecule is CN1CCCCC1(CN)C(C)(C)C. The molecule has 0 spiro atoms. The van der Waals surface area contributed by atoms with Gasteiger partial charge < -0.3 is 5.73 Å². The van der Waals surface area contributed by atoms with Crippen molar-refractivity contribution in [3.05, 3.63) is 0 Å². The molecule has 2 nitrogen and oxygen atoms in total. The van der Waals surface area contributed by atoms with E-state index in [0.29, 0.717) is 0 Å². The van der Waals surface area contributed by atoms with Crippen molar-refractivity contribution < 1.29 is 0 Å². The molecule has 1 aliphatic heterocycles. The van der Waals surface area contributed by atoms with Crippen molar-refractivity contribution >= 4 is 0 Å². The number of piperidine rings is 1. The zero-order chi connectivity index (χ0) is 10.1. The standard InChI is InChI=1S/C11H24N2/c1-10(2,3)11(9-12)7-5-6-8-13(11)4/h5-9,12H2,1-4H3. The van der Waals surface area contributed by atoms with Crippen molar-refractivity contribution in [3.8, 4) is 0 Å². The number of likely N-dealkylation sites (N-methyl/N-ethyl adjacent to an activating group) is 1. The van der Waals surface area contributed by atoms with E-state index in [4.69, 9.17) is 5.73 Å². The second kappa shape index (κ2) is 3.58. The van der Waals surface area contributed by atoms with Gasteiger partial charge in [-0.25, -0.2) is 0 Å². The summed E-state index contributed by atoms with van der Waals surface area (Å²) >= 11 is 0. The van der Waals surface area contributed by atoms with Crippen LogP contribution in [0.2, 0.25) is 0 Å². The first-order chi connectivity index (χ1) is 5.94. The summed E-state index contributed by atoms with van der Waals surface area (Å²) in [5, 5.41) is 0. The lowest BCUT2D eigenvalue weighted by molar-refractivity contribution is -0.0130. The molecule has 78 valence electrons. The van der Waals surface area contributed by atoms with Crippen LogP contribution in [0.25, 0.3) is 0 Å². The van der Waals surface area contributed by atoms with Crippen LogP contribution in [0.5, 0.6) is 0 Å². The van der Waals surface area contributed by atoms with Crippen LogP contribution in [0.3, 0.4) is 0 Å². The quantitative estimate of drug-likeness (QED) is 0.674. The summed E-state index contributed by atoms with van der Waals surface area (Å²) < 4.78 is 0. The number of rotatable bonds is 1. The normalized spacial score (nSPS) is 32.1. The number of nitrogens with zero attached hydrogens (tertiary/aromatic N) is 1. The lowest BCUT2D eigenvalue weighted by Crippen LogP contribution is -2.62. The average molecular weight is 184 g/mol. The van der Waals surface area contributed by atoms with E-state index in [-0.39, 0.29) is 11.0 Å². The van der Waals surface area contributed by atoms with Crippen molar-refractivity contribution in [2.24, 2.45) is 11.1 Å². The van der Waals surface area contributed by atoms with Crippen LogP contribution in [0, 0.1) is 5.41 Å². The van der Waals surface area contributed by atoms with Crippen LogP contribution in [0.1, 0.15) is 40.0 Å². The second-order valence-corrected chi connectivity index (χ2v) is 5.36. The zero-order valence-corrected chi connectivity index (χ0v) is 9.56. The Balaban J connectivity index is 2.89. The van der Waals surface area contributed by atoms with E-state index in [1.165, 1.54) is 25.8 Å². The fourth-order valence-corrected chi connectivity index (χ4v) is 2.68. The van der Waals surface area contributed by atoms with Crippen LogP contribution in [0.15, 0.2) is 0 Å². The molecule has 0 aromatic carbocycles. The maximum atomic E-state index is 5.97. The Morgan fingerprint density at radius 2 is 1.92 bits per heavy atom. The Kier molecular flexibility index (Phi) is 3.03. The van der Waals surface area contributed by atoms with Gasteiger partial charge in [0.05, 0.1) is 0 Å². The molecule has 0 amide bonds. The van der Waals surface area contributed by atoms with Gasteiger partial charge in [-0.15, -0.1) is 0 Å². The summed E-state index contributed by atoms with van der Waals surface area (Å²) in [7, 11) is 2.22. The third kappa shape index (κ3) is 1.75. The largest absolute Gasteiger partial charge is 0.329 e. The molecule has 1 saturated heterocycles. The minimum absolute atomic E-state index is 0.227. The maximum Gasteiger partial charge on any atom is 0.0376 e. The summed E-state index contributed by atoms with van der Waals surface area (Å²) in [6.07, 6.45) is 3.91. The van der Waals surface area contributed by atoms with Gasteiger partial charge in [-0.2, -0.15) is 0 Å². The van der Waals surface area contributed by atoms with E-state index in [9.17, 15) is 0 Å². The molecular weight excluding hydrogens is 160 g/mol. The molecule has 2 heteroatoms. The predicted molar refractivity (Wildman–Crippen MR) is 57.7 cm³/mol. The number of hydrogen-bond donors (Lipinski definition) is 1. The molecule has 2 N–H and O–H groups in total. The second-order valence-electron chi connectivity index (χ2n) is 5.36. The van der Waals surface area contributed by atoms with E-state index in [2.05, 4.69) is 32.7 Å². The highest BCUT2D eigenvalue weighted by Crippen LogP contribution is 2.40. The van der Waals surface area contributed by atoms with Gasteiger partial charge in [0.25, 0.3) is 0 Å².